The van der Waals surface area contributed by atoms with Gasteiger partial charge in [-0.3, -0.25) is 4.79 Å². The third-order valence-electron chi connectivity index (χ3n) is 2.00. The van der Waals surface area contributed by atoms with Gasteiger partial charge in [0.15, 0.2) is 0 Å². The fraction of sp³-hybridized carbons (Fsp3) is 0.600. The van der Waals surface area contributed by atoms with Crippen molar-refractivity contribution in [3.63, 3.8) is 0 Å². The molecular formula is C10H16O3. The molecule has 0 aliphatic carbocycles. The smallest absolute Gasteiger partial charge is 0.305 e. The minimum Gasteiger partial charge on any atom is -0.469 e. The first-order valence-electron chi connectivity index (χ1n) is 4.27. The van der Waals surface area contributed by atoms with E-state index < -0.39 is 0 Å². The Morgan fingerprint density at radius 2 is 2.23 bits per heavy atom. The van der Waals surface area contributed by atoms with Crippen molar-refractivity contribution in [2.45, 2.75) is 26.2 Å². The highest BCUT2D eigenvalue weighted by molar-refractivity contribution is 5.69. The van der Waals surface area contributed by atoms with Crippen molar-refractivity contribution in [3.8, 4) is 0 Å². The van der Waals surface area contributed by atoms with Gasteiger partial charge in [0.25, 0.3) is 0 Å². The zero-order valence-corrected chi connectivity index (χ0v) is 8.21. The van der Waals surface area contributed by atoms with E-state index in [2.05, 4.69) is 11.3 Å². The Labute approximate surface area is 78.8 Å². The van der Waals surface area contributed by atoms with Crippen LogP contribution in [0, 0.1) is 5.92 Å². The second kappa shape index (κ2) is 6.40. The number of hydrogen-bond donors (Lipinski definition) is 0. The molecule has 0 N–H and O–H groups in total. The summed E-state index contributed by atoms with van der Waals surface area (Å²) in [6, 6.07) is 0. The Hall–Kier alpha value is -1.12. The van der Waals surface area contributed by atoms with Crippen molar-refractivity contribution in [2.75, 3.05) is 7.11 Å². The van der Waals surface area contributed by atoms with Gasteiger partial charge in [-0.15, -0.1) is 0 Å². The normalized spacial score (nSPS) is 11.8. The maximum Gasteiger partial charge on any atom is 0.305 e. The third kappa shape index (κ3) is 5.17. The van der Waals surface area contributed by atoms with E-state index in [4.69, 9.17) is 0 Å². The molecule has 74 valence electrons. The van der Waals surface area contributed by atoms with Crippen LogP contribution in [0.5, 0.6) is 0 Å². The van der Waals surface area contributed by atoms with E-state index in [1.807, 2.05) is 6.92 Å². The number of hydrogen-bond acceptors (Lipinski definition) is 3. The standard InChI is InChI=1S/C10H16O3/c1-8(2)9(6-7-11)4-5-10(12)13-3/h7,9H,1,4-6H2,2-3H3/t9-/m1/s1. The van der Waals surface area contributed by atoms with Gasteiger partial charge in [0, 0.05) is 12.8 Å². The van der Waals surface area contributed by atoms with Gasteiger partial charge in [-0.25, -0.2) is 0 Å². The fourth-order valence-corrected chi connectivity index (χ4v) is 1.08. The average molecular weight is 184 g/mol. The molecular weight excluding hydrogens is 168 g/mol. The summed E-state index contributed by atoms with van der Waals surface area (Å²) >= 11 is 0. The van der Waals surface area contributed by atoms with Crippen LogP contribution in [0.25, 0.3) is 0 Å². The van der Waals surface area contributed by atoms with E-state index in [0.29, 0.717) is 19.3 Å². The van der Waals surface area contributed by atoms with Gasteiger partial charge < -0.3 is 9.53 Å². The molecule has 0 aliphatic heterocycles. The second-order valence-electron chi connectivity index (χ2n) is 3.06. The Balaban J connectivity index is 3.88. The van der Waals surface area contributed by atoms with Crippen LogP contribution in [0.4, 0.5) is 0 Å². The Morgan fingerprint density at radius 1 is 1.62 bits per heavy atom. The predicted octanol–water partition coefficient (Wildman–Crippen LogP) is 1.72. The van der Waals surface area contributed by atoms with Crippen LogP contribution in [-0.2, 0) is 14.3 Å². The molecule has 0 bridgehead atoms. The van der Waals surface area contributed by atoms with E-state index in [0.717, 1.165) is 11.9 Å². The van der Waals surface area contributed by atoms with E-state index in [1.165, 1.54) is 7.11 Å². The lowest BCUT2D eigenvalue weighted by Crippen LogP contribution is -2.07. The highest BCUT2D eigenvalue weighted by Crippen LogP contribution is 2.18. The topological polar surface area (TPSA) is 43.4 Å². The van der Waals surface area contributed by atoms with Crippen LogP contribution in [0.15, 0.2) is 12.2 Å². The number of allylic oxidation sites excluding steroid dienone is 1. The average Bonchev–Trinajstić information content (AvgIpc) is 2.11. The van der Waals surface area contributed by atoms with E-state index in [-0.39, 0.29) is 11.9 Å². The number of ether oxygens (including phenoxy) is 1. The molecule has 0 saturated carbocycles. The largest absolute Gasteiger partial charge is 0.469 e. The molecule has 3 nitrogen and oxygen atoms in total. The van der Waals surface area contributed by atoms with Crippen molar-refractivity contribution in [2.24, 2.45) is 5.92 Å². The monoisotopic (exact) mass is 184 g/mol. The van der Waals surface area contributed by atoms with Gasteiger partial charge in [-0.2, -0.15) is 0 Å². The molecule has 0 rings (SSSR count). The molecule has 3 heteroatoms. The number of carbonyl (C=O) groups excluding carboxylic acids is 2. The van der Waals surface area contributed by atoms with Crippen LogP contribution in [-0.4, -0.2) is 19.4 Å². The highest BCUT2D eigenvalue weighted by atomic mass is 16.5. The molecule has 13 heavy (non-hydrogen) atoms. The van der Waals surface area contributed by atoms with Gasteiger partial charge in [-0.1, -0.05) is 12.2 Å². The SMILES string of the molecule is C=C(C)[C@@H](CC=O)CCC(=O)OC. The number of rotatable bonds is 6. The Kier molecular flexibility index (Phi) is 5.85. The molecule has 1 atom stereocenters. The quantitative estimate of drug-likeness (QED) is 0.358. The summed E-state index contributed by atoms with van der Waals surface area (Å²) in [5.74, 6) is -0.131. The number of carbonyl (C=O) groups is 2. The first-order valence-corrected chi connectivity index (χ1v) is 4.27. The molecule has 0 aromatic carbocycles. The molecule has 0 amide bonds. The summed E-state index contributed by atoms with van der Waals surface area (Å²) in [6.07, 6.45) is 2.28. The molecule has 0 radical (unpaired) electrons. The fourth-order valence-electron chi connectivity index (χ4n) is 1.08. The minimum absolute atomic E-state index is 0.108. The summed E-state index contributed by atoms with van der Waals surface area (Å²) < 4.78 is 4.50. The van der Waals surface area contributed by atoms with Crippen molar-refractivity contribution in [3.05, 3.63) is 12.2 Å². The summed E-state index contributed by atoms with van der Waals surface area (Å²) in [5.41, 5.74) is 0.941. The molecule has 0 saturated heterocycles. The lowest BCUT2D eigenvalue weighted by molar-refractivity contribution is -0.141. The summed E-state index contributed by atoms with van der Waals surface area (Å²) in [4.78, 5) is 21.1. The first kappa shape index (κ1) is 11.9. The van der Waals surface area contributed by atoms with Gasteiger partial charge in [-0.05, 0) is 19.3 Å². The van der Waals surface area contributed by atoms with Crippen LogP contribution in [0.1, 0.15) is 26.2 Å². The Bertz CT molecular complexity index is 196. The lowest BCUT2D eigenvalue weighted by atomic mass is 9.94. The molecule has 0 heterocycles. The molecule has 0 aromatic rings. The van der Waals surface area contributed by atoms with Crippen LogP contribution in [0.2, 0.25) is 0 Å². The second-order valence-corrected chi connectivity index (χ2v) is 3.06. The van der Waals surface area contributed by atoms with Crippen molar-refractivity contribution >= 4 is 12.3 Å². The predicted molar refractivity (Wildman–Crippen MR) is 50.2 cm³/mol. The van der Waals surface area contributed by atoms with E-state index in [9.17, 15) is 9.59 Å². The summed E-state index contributed by atoms with van der Waals surface area (Å²) in [6.45, 7) is 5.63. The summed E-state index contributed by atoms with van der Waals surface area (Å²) in [7, 11) is 1.36. The van der Waals surface area contributed by atoms with Gasteiger partial charge in [0.1, 0.15) is 6.29 Å². The van der Waals surface area contributed by atoms with Crippen LogP contribution >= 0.6 is 0 Å². The first-order chi connectivity index (χ1) is 6.11. The van der Waals surface area contributed by atoms with Crippen molar-refractivity contribution in [1.29, 1.82) is 0 Å². The Morgan fingerprint density at radius 3 is 2.62 bits per heavy atom. The van der Waals surface area contributed by atoms with E-state index in [1.54, 1.807) is 0 Å². The van der Waals surface area contributed by atoms with Crippen LogP contribution < -0.4 is 0 Å². The molecule has 0 spiro atoms. The molecule has 0 unspecified atom stereocenters. The van der Waals surface area contributed by atoms with Crippen molar-refractivity contribution in [1.82, 2.24) is 0 Å². The zero-order valence-electron chi connectivity index (χ0n) is 8.21. The van der Waals surface area contributed by atoms with Gasteiger partial charge >= 0.3 is 5.97 Å². The van der Waals surface area contributed by atoms with Gasteiger partial charge in [0.05, 0.1) is 7.11 Å². The van der Waals surface area contributed by atoms with Gasteiger partial charge in [0.2, 0.25) is 0 Å². The molecule has 0 aliphatic rings. The molecule has 0 fully saturated rings. The highest BCUT2D eigenvalue weighted by Gasteiger charge is 2.11. The lowest BCUT2D eigenvalue weighted by Gasteiger charge is -2.12. The maximum absolute atomic E-state index is 10.8. The molecule has 0 aromatic heterocycles. The third-order valence-corrected chi connectivity index (χ3v) is 2.00. The maximum atomic E-state index is 10.8. The summed E-state index contributed by atoms with van der Waals surface area (Å²) in [5, 5.41) is 0. The number of aldehydes is 1. The van der Waals surface area contributed by atoms with Crippen molar-refractivity contribution < 1.29 is 14.3 Å². The minimum atomic E-state index is -0.239. The number of esters is 1. The number of methoxy groups -OCH3 is 1. The van der Waals surface area contributed by atoms with E-state index >= 15 is 0 Å². The van der Waals surface area contributed by atoms with Crippen LogP contribution in [0.3, 0.4) is 0 Å². The zero-order chi connectivity index (χ0) is 10.3.